The number of nitrogens with zero attached hydrogens (tertiary/aromatic N) is 2. The molecule has 0 aromatic heterocycles. The van der Waals surface area contributed by atoms with E-state index in [1.54, 1.807) is 12.0 Å². The van der Waals surface area contributed by atoms with E-state index < -0.39 is 0 Å². The number of β-amino-alcohol motifs (C(OH)–C–C–N with tert-alkyl or cyclic N) is 1. The Morgan fingerprint density at radius 2 is 2.11 bits per heavy atom. The Balaban J connectivity index is 1.99. The summed E-state index contributed by atoms with van der Waals surface area (Å²) in [5.41, 5.74) is 0.440. The monoisotopic (exact) mass is 382 g/mol. The van der Waals surface area contributed by atoms with Crippen LogP contribution in [0.15, 0.2) is 24.3 Å². The van der Waals surface area contributed by atoms with E-state index in [0.717, 1.165) is 6.54 Å². The molecule has 1 heterocycles. The van der Waals surface area contributed by atoms with E-state index >= 15 is 0 Å². The van der Waals surface area contributed by atoms with Crippen molar-refractivity contribution in [3.8, 4) is 0 Å². The molecule has 1 amide bonds. The van der Waals surface area contributed by atoms with Crippen molar-refractivity contribution >= 4 is 5.91 Å². The molecule has 2 rings (SSSR count). The second-order valence-corrected chi connectivity index (χ2v) is 7.31. The molecule has 7 heteroatoms. The molecule has 0 aliphatic carbocycles. The van der Waals surface area contributed by atoms with Gasteiger partial charge in [-0.15, -0.1) is 0 Å². The van der Waals surface area contributed by atoms with Crippen LogP contribution >= 0.6 is 0 Å². The van der Waals surface area contributed by atoms with E-state index in [2.05, 4.69) is 4.90 Å². The summed E-state index contributed by atoms with van der Waals surface area (Å²) in [7, 11) is 1.59. The van der Waals surface area contributed by atoms with Crippen molar-refractivity contribution in [2.24, 2.45) is 5.92 Å². The number of carbonyl (C=O) groups excluding carboxylic acids is 1. The molecule has 1 fully saturated rings. The lowest BCUT2D eigenvalue weighted by atomic mass is 10.1. The minimum absolute atomic E-state index is 0.139. The quantitative estimate of drug-likeness (QED) is 0.703. The molecule has 0 saturated carbocycles. The van der Waals surface area contributed by atoms with Crippen molar-refractivity contribution in [3.05, 3.63) is 35.6 Å². The van der Waals surface area contributed by atoms with Gasteiger partial charge in [-0.1, -0.05) is 13.8 Å². The van der Waals surface area contributed by atoms with Crippen LogP contribution in [0.1, 0.15) is 24.2 Å². The molecule has 1 saturated heterocycles. The van der Waals surface area contributed by atoms with Crippen molar-refractivity contribution in [1.29, 1.82) is 0 Å². The van der Waals surface area contributed by atoms with Gasteiger partial charge in [0.15, 0.2) is 0 Å². The number of amides is 1. The molecule has 1 aliphatic heterocycles. The molecule has 0 radical (unpaired) electrons. The molecule has 2 atom stereocenters. The highest BCUT2D eigenvalue weighted by molar-refractivity contribution is 5.94. The first-order valence-corrected chi connectivity index (χ1v) is 9.46. The Morgan fingerprint density at radius 1 is 1.41 bits per heavy atom. The maximum atomic E-state index is 13.1. The minimum atomic E-state index is -0.380. The number of benzene rings is 1. The van der Waals surface area contributed by atoms with Gasteiger partial charge in [0.25, 0.3) is 5.91 Å². The van der Waals surface area contributed by atoms with Gasteiger partial charge in [0, 0.05) is 45.4 Å². The predicted octanol–water partition coefficient (Wildman–Crippen LogP) is 1.63. The number of morpholine rings is 1. The van der Waals surface area contributed by atoms with Crippen molar-refractivity contribution in [3.63, 3.8) is 0 Å². The minimum Gasteiger partial charge on any atom is -0.392 e. The van der Waals surface area contributed by atoms with Crippen LogP contribution in [0.4, 0.5) is 4.39 Å². The predicted molar refractivity (Wildman–Crippen MR) is 101 cm³/mol. The van der Waals surface area contributed by atoms with Crippen LogP contribution in [0, 0.1) is 11.7 Å². The highest BCUT2D eigenvalue weighted by Gasteiger charge is 2.27. The number of ether oxygens (including phenoxy) is 2. The molecule has 1 aromatic rings. The topological polar surface area (TPSA) is 62.2 Å². The maximum Gasteiger partial charge on any atom is 0.254 e. The molecule has 0 bridgehead atoms. The second kappa shape index (κ2) is 10.7. The highest BCUT2D eigenvalue weighted by Crippen LogP contribution is 2.13. The summed E-state index contributed by atoms with van der Waals surface area (Å²) >= 11 is 0. The van der Waals surface area contributed by atoms with Crippen LogP contribution in [0.3, 0.4) is 0 Å². The largest absolute Gasteiger partial charge is 0.392 e. The van der Waals surface area contributed by atoms with Crippen molar-refractivity contribution in [2.75, 3.05) is 53.0 Å². The molecule has 27 heavy (non-hydrogen) atoms. The first-order chi connectivity index (χ1) is 12.9. The maximum absolute atomic E-state index is 13.1. The number of rotatable bonds is 9. The third-order valence-electron chi connectivity index (χ3n) is 4.81. The lowest BCUT2D eigenvalue weighted by Crippen LogP contribution is -2.51. The van der Waals surface area contributed by atoms with Gasteiger partial charge >= 0.3 is 0 Å². The molecule has 6 nitrogen and oxygen atoms in total. The highest BCUT2D eigenvalue weighted by atomic mass is 19.1. The average Bonchev–Trinajstić information content (AvgIpc) is 2.65. The Bertz CT molecular complexity index is 582. The standard InChI is InChI=1S/C20H31FN2O4/c1-15(2)19(24)14-22-8-11-27-18(12-22)13-23(9-10-26-3)20(25)16-4-6-17(21)7-5-16/h4-7,15,18-19,24H,8-14H2,1-3H3/t18-,19-/m0/s1. The van der Waals surface area contributed by atoms with E-state index in [9.17, 15) is 14.3 Å². The molecule has 152 valence electrons. The number of aliphatic hydroxyl groups excluding tert-OH is 1. The van der Waals surface area contributed by atoms with Gasteiger partial charge in [-0.05, 0) is 30.2 Å². The van der Waals surface area contributed by atoms with Crippen molar-refractivity contribution in [1.82, 2.24) is 9.80 Å². The van der Waals surface area contributed by atoms with Crippen LogP contribution in [-0.2, 0) is 9.47 Å². The fourth-order valence-electron chi connectivity index (χ4n) is 3.03. The summed E-state index contributed by atoms with van der Waals surface area (Å²) in [6.45, 7) is 7.85. The normalized spacial score (nSPS) is 19.3. The van der Waals surface area contributed by atoms with Gasteiger partial charge in [-0.25, -0.2) is 4.39 Å². The summed E-state index contributed by atoms with van der Waals surface area (Å²) in [5.74, 6) is -0.343. The molecule has 1 N–H and O–H groups in total. The fourth-order valence-corrected chi connectivity index (χ4v) is 3.03. The molecular weight excluding hydrogens is 351 g/mol. The zero-order valence-corrected chi connectivity index (χ0v) is 16.4. The molecule has 0 spiro atoms. The lowest BCUT2D eigenvalue weighted by Gasteiger charge is -2.37. The van der Waals surface area contributed by atoms with Gasteiger partial charge in [0.2, 0.25) is 0 Å². The van der Waals surface area contributed by atoms with E-state index in [1.807, 2.05) is 13.8 Å². The van der Waals surface area contributed by atoms with Crippen LogP contribution in [-0.4, -0.2) is 86.1 Å². The molecular formula is C20H31FN2O4. The zero-order valence-electron chi connectivity index (χ0n) is 16.4. The smallest absolute Gasteiger partial charge is 0.254 e. The number of hydrogen-bond donors (Lipinski definition) is 1. The van der Waals surface area contributed by atoms with Crippen molar-refractivity contribution in [2.45, 2.75) is 26.1 Å². The van der Waals surface area contributed by atoms with Gasteiger partial charge in [-0.3, -0.25) is 9.69 Å². The Labute approximate surface area is 160 Å². The number of aliphatic hydroxyl groups is 1. The van der Waals surface area contributed by atoms with E-state index in [-0.39, 0.29) is 29.9 Å². The third-order valence-corrected chi connectivity index (χ3v) is 4.81. The molecule has 0 unspecified atom stereocenters. The van der Waals surface area contributed by atoms with Gasteiger partial charge < -0.3 is 19.5 Å². The number of methoxy groups -OCH3 is 1. The Hall–Kier alpha value is -1.54. The summed E-state index contributed by atoms with van der Waals surface area (Å²) in [6.07, 6.45) is -0.520. The van der Waals surface area contributed by atoms with Crippen molar-refractivity contribution < 1.29 is 23.8 Å². The summed E-state index contributed by atoms with van der Waals surface area (Å²) in [4.78, 5) is 16.7. The number of halogens is 1. The first-order valence-electron chi connectivity index (χ1n) is 9.46. The van der Waals surface area contributed by atoms with Crippen LogP contribution < -0.4 is 0 Å². The SMILES string of the molecule is COCCN(C[C@@H]1CN(C[C@H](O)C(C)C)CCO1)C(=O)c1ccc(F)cc1. The Morgan fingerprint density at radius 3 is 2.74 bits per heavy atom. The first kappa shape index (κ1) is 21.8. The third kappa shape index (κ3) is 6.84. The summed E-state index contributed by atoms with van der Waals surface area (Å²) in [6, 6.07) is 5.55. The van der Waals surface area contributed by atoms with Crippen LogP contribution in [0.25, 0.3) is 0 Å². The average molecular weight is 382 g/mol. The van der Waals surface area contributed by atoms with E-state index in [0.29, 0.717) is 45.0 Å². The second-order valence-electron chi connectivity index (χ2n) is 7.31. The molecule has 1 aromatic carbocycles. The van der Waals surface area contributed by atoms with Gasteiger partial charge in [0.1, 0.15) is 5.82 Å². The van der Waals surface area contributed by atoms with E-state index in [4.69, 9.17) is 9.47 Å². The summed E-state index contributed by atoms with van der Waals surface area (Å²) < 4.78 is 24.1. The van der Waals surface area contributed by atoms with Crippen LogP contribution in [0.5, 0.6) is 0 Å². The number of carbonyl (C=O) groups is 1. The molecule has 1 aliphatic rings. The van der Waals surface area contributed by atoms with Gasteiger partial charge in [-0.2, -0.15) is 0 Å². The van der Waals surface area contributed by atoms with E-state index in [1.165, 1.54) is 24.3 Å². The van der Waals surface area contributed by atoms with Crippen LogP contribution in [0.2, 0.25) is 0 Å². The number of hydrogen-bond acceptors (Lipinski definition) is 5. The van der Waals surface area contributed by atoms with Gasteiger partial charge in [0.05, 0.1) is 25.4 Å². The summed E-state index contributed by atoms with van der Waals surface area (Å²) in [5, 5.41) is 10.1. The zero-order chi connectivity index (χ0) is 19.8. The Kier molecular flexibility index (Phi) is 8.63. The fraction of sp³-hybridized carbons (Fsp3) is 0.650. The lowest BCUT2D eigenvalue weighted by molar-refractivity contribution is -0.0551.